The van der Waals surface area contributed by atoms with Crippen LogP contribution in [0.2, 0.25) is 0 Å². The first-order valence-corrected chi connectivity index (χ1v) is 7.10. The third-order valence-electron chi connectivity index (χ3n) is 2.27. The van der Waals surface area contributed by atoms with Crippen molar-refractivity contribution in [2.24, 2.45) is 5.92 Å². The van der Waals surface area contributed by atoms with E-state index in [1.54, 1.807) is 23.1 Å². The lowest BCUT2D eigenvalue weighted by Crippen LogP contribution is -2.14. The SMILES string of the molecule is COC(=O)C(C)CSCc1nc(C)c(C)s1. The minimum atomic E-state index is -0.140. The highest BCUT2D eigenvalue weighted by atomic mass is 32.2. The molecule has 1 aromatic heterocycles. The van der Waals surface area contributed by atoms with Crippen LogP contribution in [-0.4, -0.2) is 23.8 Å². The number of thioether (sulfide) groups is 1. The van der Waals surface area contributed by atoms with E-state index in [0.29, 0.717) is 0 Å². The highest BCUT2D eigenvalue weighted by Crippen LogP contribution is 2.22. The molecule has 1 atom stereocenters. The number of hydrogen-bond donors (Lipinski definition) is 0. The number of methoxy groups -OCH3 is 1. The van der Waals surface area contributed by atoms with E-state index >= 15 is 0 Å². The number of carbonyl (C=O) groups excluding carboxylic acids is 1. The Morgan fingerprint density at radius 2 is 2.25 bits per heavy atom. The van der Waals surface area contributed by atoms with Gasteiger partial charge in [0.2, 0.25) is 0 Å². The van der Waals surface area contributed by atoms with Crippen molar-refractivity contribution < 1.29 is 9.53 Å². The lowest BCUT2D eigenvalue weighted by molar-refractivity contribution is -0.143. The average molecular weight is 259 g/mol. The average Bonchev–Trinajstić information content (AvgIpc) is 2.57. The number of ether oxygens (including phenoxy) is 1. The van der Waals surface area contributed by atoms with E-state index in [-0.39, 0.29) is 11.9 Å². The standard InChI is InChI=1S/C11H17NO2S2/c1-7(11(13)14-4)5-15-6-10-12-8(2)9(3)16-10/h7H,5-6H2,1-4H3. The molecule has 1 aromatic rings. The fourth-order valence-electron chi connectivity index (χ4n) is 1.19. The molecule has 1 unspecified atom stereocenters. The summed E-state index contributed by atoms with van der Waals surface area (Å²) < 4.78 is 4.67. The summed E-state index contributed by atoms with van der Waals surface area (Å²) in [4.78, 5) is 16.9. The molecule has 0 saturated carbocycles. The third-order valence-corrected chi connectivity index (χ3v) is 4.74. The first-order valence-electron chi connectivity index (χ1n) is 5.13. The molecule has 1 heterocycles. The van der Waals surface area contributed by atoms with Crippen LogP contribution in [0.1, 0.15) is 22.5 Å². The molecule has 0 radical (unpaired) electrons. The summed E-state index contributed by atoms with van der Waals surface area (Å²) in [5.41, 5.74) is 1.11. The maximum absolute atomic E-state index is 11.2. The minimum absolute atomic E-state index is 0.0443. The van der Waals surface area contributed by atoms with E-state index in [1.807, 2.05) is 13.8 Å². The maximum atomic E-state index is 11.2. The first kappa shape index (κ1) is 13.5. The van der Waals surface area contributed by atoms with E-state index in [2.05, 4.69) is 16.6 Å². The molecule has 5 heteroatoms. The minimum Gasteiger partial charge on any atom is -0.469 e. The highest BCUT2D eigenvalue weighted by Gasteiger charge is 2.13. The number of aromatic nitrogens is 1. The van der Waals surface area contributed by atoms with Crippen molar-refractivity contribution in [2.75, 3.05) is 12.9 Å². The van der Waals surface area contributed by atoms with Crippen molar-refractivity contribution in [2.45, 2.75) is 26.5 Å². The van der Waals surface area contributed by atoms with Crippen molar-refractivity contribution in [3.63, 3.8) is 0 Å². The summed E-state index contributed by atoms with van der Waals surface area (Å²) in [6.07, 6.45) is 0. The summed E-state index contributed by atoms with van der Waals surface area (Å²) >= 11 is 3.46. The van der Waals surface area contributed by atoms with Crippen molar-refractivity contribution in [1.29, 1.82) is 0 Å². The molecule has 0 spiro atoms. The van der Waals surface area contributed by atoms with Crippen molar-refractivity contribution in [3.8, 4) is 0 Å². The van der Waals surface area contributed by atoms with Crippen LogP contribution in [0.25, 0.3) is 0 Å². The predicted octanol–water partition coefficient (Wildman–Crippen LogP) is 2.80. The maximum Gasteiger partial charge on any atom is 0.309 e. The quantitative estimate of drug-likeness (QED) is 0.762. The van der Waals surface area contributed by atoms with Crippen LogP contribution in [0.3, 0.4) is 0 Å². The van der Waals surface area contributed by atoms with E-state index in [4.69, 9.17) is 0 Å². The number of thiazole rings is 1. The van der Waals surface area contributed by atoms with Gasteiger partial charge in [0.1, 0.15) is 5.01 Å². The smallest absolute Gasteiger partial charge is 0.309 e. The number of nitrogens with zero attached hydrogens (tertiary/aromatic N) is 1. The Morgan fingerprint density at radius 3 is 2.75 bits per heavy atom. The molecule has 3 nitrogen and oxygen atoms in total. The largest absolute Gasteiger partial charge is 0.469 e. The van der Waals surface area contributed by atoms with Gasteiger partial charge in [-0.25, -0.2) is 4.98 Å². The van der Waals surface area contributed by atoms with Gasteiger partial charge >= 0.3 is 5.97 Å². The Labute approximate surface area is 105 Å². The fourth-order valence-corrected chi connectivity index (χ4v) is 3.25. The van der Waals surface area contributed by atoms with Crippen molar-refractivity contribution >= 4 is 29.1 Å². The molecular formula is C11H17NO2S2. The van der Waals surface area contributed by atoms with Crippen LogP contribution in [0.5, 0.6) is 0 Å². The van der Waals surface area contributed by atoms with Crippen LogP contribution >= 0.6 is 23.1 Å². The van der Waals surface area contributed by atoms with Gasteiger partial charge in [-0.1, -0.05) is 6.92 Å². The zero-order valence-corrected chi connectivity index (χ0v) is 11.7. The van der Waals surface area contributed by atoms with E-state index in [1.165, 1.54) is 12.0 Å². The number of rotatable bonds is 5. The topological polar surface area (TPSA) is 39.2 Å². The summed E-state index contributed by atoms with van der Waals surface area (Å²) in [5, 5.41) is 1.14. The van der Waals surface area contributed by atoms with Crippen LogP contribution in [0.15, 0.2) is 0 Å². The fraction of sp³-hybridized carbons (Fsp3) is 0.636. The van der Waals surface area contributed by atoms with E-state index in [0.717, 1.165) is 22.2 Å². The van der Waals surface area contributed by atoms with Crippen molar-refractivity contribution in [1.82, 2.24) is 4.98 Å². The summed E-state index contributed by atoms with van der Waals surface area (Å²) in [6.45, 7) is 5.99. The van der Waals surface area contributed by atoms with Gasteiger partial charge in [-0.2, -0.15) is 11.8 Å². The number of hydrogen-bond acceptors (Lipinski definition) is 5. The van der Waals surface area contributed by atoms with E-state index in [9.17, 15) is 4.79 Å². The van der Waals surface area contributed by atoms with Gasteiger partial charge in [0.25, 0.3) is 0 Å². The number of esters is 1. The Hall–Kier alpha value is -0.550. The zero-order valence-electron chi connectivity index (χ0n) is 10.1. The second kappa shape index (κ2) is 6.25. The normalized spacial score (nSPS) is 12.5. The van der Waals surface area contributed by atoms with Crippen LogP contribution < -0.4 is 0 Å². The van der Waals surface area contributed by atoms with Gasteiger partial charge in [0.05, 0.1) is 18.7 Å². The lowest BCUT2D eigenvalue weighted by atomic mass is 10.2. The second-order valence-corrected chi connectivity index (χ2v) is 6.01. The molecule has 0 aliphatic carbocycles. The Bertz CT molecular complexity index is 343. The summed E-state index contributed by atoms with van der Waals surface area (Å²) in [5.74, 6) is 1.47. The van der Waals surface area contributed by atoms with Gasteiger partial charge < -0.3 is 4.74 Å². The molecule has 0 N–H and O–H groups in total. The predicted molar refractivity (Wildman–Crippen MR) is 68.9 cm³/mol. The van der Waals surface area contributed by atoms with Crippen molar-refractivity contribution in [3.05, 3.63) is 15.6 Å². The molecule has 0 aromatic carbocycles. The molecular weight excluding hydrogens is 242 g/mol. The molecule has 0 aliphatic heterocycles. The lowest BCUT2D eigenvalue weighted by Gasteiger charge is -2.07. The van der Waals surface area contributed by atoms with Gasteiger partial charge in [-0.3, -0.25) is 4.79 Å². The summed E-state index contributed by atoms with van der Waals surface area (Å²) in [6, 6.07) is 0. The number of carbonyl (C=O) groups is 1. The van der Waals surface area contributed by atoms with Crippen LogP contribution in [0, 0.1) is 19.8 Å². The van der Waals surface area contributed by atoms with E-state index < -0.39 is 0 Å². The van der Waals surface area contributed by atoms with Gasteiger partial charge in [-0.05, 0) is 13.8 Å². The second-order valence-electron chi connectivity index (χ2n) is 3.69. The monoisotopic (exact) mass is 259 g/mol. The highest BCUT2D eigenvalue weighted by molar-refractivity contribution is 7.98. The molecule has 0 aliphatic rings. The molecule has 0 bridgehead atoms. The zero-order chi connectivity index (χ0) is 12.1. The van der Waals surface area contributed by atoms with Crippen LogP contribution in [0.4, 0.5) is 0 Å². The molecule has 0 fully saturated rings. The van der Waals surface area contributed by atoms with Gasteiger partial charge in [0, 0.05) is 16.4 Å². The third kappa shape index (κ3) is 3.79. The van der Waals surface area contributed by atoms with Crippen LogP contribution in [-0.2, 0) is 15.3 Å². The Balaban J connectivity index is 2.33. The molecule has 1 rings (SSSR count). The molecule has 16 heavy (non-hydrogen) atoms. The Kier molecular flexibility index (Phi) is 5.28. The van der Waals surface area contributed by atoms with Gasteiger partial charge in [-0.15, -0.1) is 11.3 Å². The van der Waals surface area contributed by atoms with Gasteiger partial charge in [0.15, 0.2) is 0 Å². The molecule has 0 amide bonds. The first-order chi connectivity index (χ1) is 7.54. The Morgan fingerprint density at radius 1 is 1.56 bits per heavy atom. The summed E-state index contributed by atoms with van der Waals surface area (Å²) in [7, 11) is 1.43. The molecule has 90 valence electrons. The molecule has 0 saturated heterocycles. The number of aryl methyl sites for hydroxylation is 2.